The van der Waals surface area contributed by atoms with Crippen LogP contribution in [-0.4, -0.2) is 52.3 Å². The fourth-order valence-electron chi connectivity index (χ4n) is 3.94. The molecule has 4 rings (SSSR count). The third-order valence-corrected chi connectivity index (χ3v) is 6.74. The van der Waals surface area contributed by atoms with Gasteiger partial charge < -0.3 is 9.64 Å². The van der Waals surface area contributed by atoms with E-state index in [9.17, 15) is 9.59 Å². The van der Waals surface area contributed by atoms with Crippen molar-refractivity contribution in [2.75, 3.05) is 26.0 Å². The van der Waals surface area contributed by atoms with Crippen LogP contribution in [0, 0.1) is 12.8 Å². The lowest BCUT2D eigenvalue weighted by atomic mass is 9.97. The number of para-hydroxylation sites is 1. The third kappa shape index (κ3) is 4.88. The number of benzene rings is 2. The van der Waals surface area contributed by atoms with Crippen LogP contribution in [0.15, 0.2) is 66.0 Å². The molecule has 0 atom stereocenters. The van der Waals surface area contributed by atoms with Gasteiger partial charge in [-0.25, -0.2) is 4.98 Å². The molecular weight excluding hydrogens is 422 g/mol. The molecule has 0 bridgehead atoms. The molecule has 0 unspecified atom stereocenters. The number of thioether (sulfide) groups is 1. The van der Waals surface area contributed by atoms with Gasteiger partial charge >= 0.3 is 5.97 Å². The van der Waals surface area contributed by atoms with Gasteiger partial charge in [-0.15, -0.1) is 0 Å². The summed E-state index contributed by atoms with van der Waals surface area (Å²) in [5, 5.41) is 0.782. The monoisotopic (exact) mass is 449 g/mol. The Morgan fingerprint density at radius 1 is 1.06 bits per heavy atom. The summed E-state index contributed by atoms with van der Waals surface area (Å²) in [5.74, 6) is 0.0867. The quantitative estimate of drug-likeness (QED) is 0.414. The summed E-state index contributed by atoms with van der Waals surface area (Å²) >= 11 is 1.44. The molecule has 0 aliphatic carbocycles. The van der Waals surface area contributed by atoms with Gasteiger partial charge in [0.15, 0.2) is 5.16 Å². The van der Waals surface area contributed by atoms with E-state index in [0.717, 1.165) is 22.1 Å². The number of nitrogens with zero attached hydrogens (tertiary/aromatic N) is 3. The van der Waals surface area contributed by atoms with Gasteiger partial charge in [0.2, 0.25) is 5.91 Å². The Morgan fingerprint density at radius 3 is 2.41 bits per heavy atom. The number of aryl methyl sites for hydroxylation is 1. The highest BCUT2D eigenvalue weighted by Crippen LogP contribution is 2.30. The first-order chi connectivity index (χ1) is 15.6. The lowest BCUT2D eigenvalue weighted by molar-refractivity contribution is -0.148. The van der Waals surface area contributed by atoms with E-state index in [1.165, 1.54) is 24.4 Å². The van der Waals surface area contributed by atoms with Crippen LogP contribution < -0.4 is 0 Å². The molecule has 1 aliphatic rings. The highest BCUT2D eigenvalue weighted by molar-refractivity contribution is 7.99. The number of methoxy groups -OCH3 is 1. The van der Waals surface area contributed by atoms with Gasteiger partial charge in [0.05, 0.1) is 30.7 Å². The molecule has 1 aliphatic heterocycles. The average molecular weight is 450 g/mol. The minimum Gasteiger partial charge on any atom is -0.469 e. The predicted octanol–water partition coefficient (Wildman–Crippen LogP) is 4.35. The average Bonchev–Trinajstić information content (AvgIpc) is 3.27. The zero-order valence-electron chi connectivity index (χ0n) is 18.4. The fourth-order valence-corrected chi connectivity index (χ4v) is 4.84. The molecule has 1 saturated heterocycles. The molecule has 6 nitrogen and oxygen atoms in total. The number of carbonyl (C=O) groups excluding carboxylic acids is 2. The van der Waals surface area contributed by atoms with E-state index in [1.54, 1.807) is 0 Å². The van der Waals surface area contributed by atoms with Crippen molar-refractivity contribution in [3.8, 4) is 16.9 Å². The number of aromatic nitrogens is 2. The number of amides is 1. The van der Waals surface area contributed by atoms with Gasteiger partial charge in [-0.1, -0.05) is 59.8 Å². The maximum atomic E-state index is 12.8. The topological polar surface area (TPSA) is 64.4 Å². The van der Waals surface area contributed by atoms with E-state index in [1.807, 2.05) is 41.4 Å². The Balaban J connectivity index is 1.50. The Bertz CT molecular complexity index is 1070. The molecule has 1 fully saturated rings. The second kappa shape index (κ2) is 10.0. The molecule has 1 aromatic heterocycles. The summed E-state index contributed by atoms with van der Waals surface area (Å²) in [6.07, 6.45) is 3.17. The summed E-state index contributed by atoms with van der Waals surface area (Å²) in [6, 6.07) is 18.4. The van der Waals surface area contributed by atoms with Crippen LogP contribution in [0.3, 0.4) is 0 Å². The summed E-state index contributed by atoms with van der Waals surface area (Å²) in [7, 11) is 1.41. The van der Waals surface area contributed by atoms with E-state index >= 15 is 0 Å². The first-order valence-electron chi connectivity index (χ1n) is 10.8. The number of rotatable bonds is 6. The van der Waals surface area contributed by atoms with Crippen LogP contribution in [0.25, 0.3) is 16.9 Å². The molecule has 1 amide bonds. The van der Waals surface area contributed by atoms with Crippen LogP contribution in [-0.2, 0) is 14.3 Å². The maximum Gasteiger partial charge on any atom is 0.308 e. The number of hydrogen-bond acceptors (Lipinski definition) is 5. The molecular formula is C25H27N3O3S. The molecule has 0 saturated carbocycles. The van der Waals surface area contributed by atoms with E-state index in [-0.39, 0.29) is 17.8 Å². The molecule has 2 heterocycles. The van der Waals surface area contributed by atoms with Crippen LogP contribution in [0.2, 0.25) is 0 Å². The molecule has 166 valence electrons. The summed E-state index contributed by atoms with van der Waals surface area (Å²) in [5.41, 5.74) is 4.28. The van der Waals surface area contributed by atoms with Gasteiger partial charge in [-0.2, -0.15) is 0 Å². The predicted molar refractivity (Wildman–Crippen MR) is 126 cm³/mol. The first kappa shape index (κ1) is 22.1. The summed E-state index contributed by atoms with van der Waals surface area (Å²) in [6.45, 7) is 3.24. The van der Waals surface area contributed by atoms with Gasteiger partial charge in [0.1, 0.15) is 0 Å². The normalized spacial score (nSPS) is 14.4. The Morgan fingerprint density at radius 2 is 1.75 bits per heavy atom. The number of piperidine rings is 1. The van der Waals surface area contributed by atoms with Crippen molar-refractivity contribution in [1.82, 2.24) is 14.5 Å². The molecule has 0 N–H and O–H groups in total. The number of hydrogen-bond donors (Lipinski definition) is 0. The zero-order chi connectivity index (χ0) is 22.5. The second-order valence-corrected chi connectivity index (χ2v) is 8.87. The summed E-state index contributed by atoms with van der Waals surface area (Å²) in [4.78, 5) is 31.0. The SMILES string of the molecule is COC(=O)C1CCN(C(=O)CSc2ncc(-c3ccc(C)cc3)n2-c2ccccc2)CC1. The molecule has 7 heteroatoms. The van der Waals surface area contributed by atoms with Crippen LogP contribution in [0.4, 0.5) is 0 Å². The van der Waals surface area contributed by atoms with E-state index in [2.05, 4.69) is 40.7 Å². The van der Waals surface area contributed by atoms with Crippen LogP contribution in [0.5, 0.6) is 0 Å². The van der Waals surface area contributed by atoms with E-state index < -0.39 is 0 Å². The van der Waals surface area contributed by atoms with Crippen molar-refractivity contribution in [3.63, 3.8) is 0 Å². The minimum absolute atomic E-state index is 0.0674. The number of carbonyl (C=O) groups is 2. The fraction of sp³-hybridized carbons (Fsp3) is 0.320. The van der Waals surface area contributed by atoms with Crippen molar-refractivity contribution in [2.24, 2.45) is 5.92 Å². The van der Waals surface area contributed by atoms with Crippen molar-refractivity contribution < 1.29 is 14.3 Å². The largest absolute Gasteiger partial charge is 0.469 e. The first-order valence-corrected chi connectivity index (χ1v) is 11.7. The molecule has 3 aromatic rings. The van der Waals surface area contributed by atoms with Crippen LogP contribution >= 0.6 is 11.8 Å². The highest BCUT2D eigenvalue weighted by atomic mass is 32.2. The van der Waals surface area contributed by atoms with Crippen molar-refractivity contribution >= 4 is 23.6 Å². The zero-order valence-corrected chi connectivity index (χ0v) is 19.2. The molecule has 0 radical (unpaired) electrons. The maximum absolute atomic E-state index is 12.8. The number of imidazole rings is 1. The van der Waals surface area contributed by atoms with E-state index in [0.29, 0.717) is 31.7 Å². The Kier molecular flexibility index (Phi) is 6.95. The van der Waals surface area contributed by atoms with Gasteiger partial charge in [0.25, 0.3) is 0 Å². The van der Waals surface area contributed by atoms with Crippen molar-refractivity contribution in [1.29, 1.82) is 0 Å². The molecule has 2 aromatic carbocycles. The number of esters is 1. The van der Waals surface area contributed by atoms with Gasteiger partial charge in [-0.3, -0.25) is 14.2 Å². The Labute approximate surface area is 192 Å². The molecule has 0 spiro atoms. The lowest BCUT2D eigenvalue weighted by Crippen LogP contribution is -2.41. The highest BCUT2D eigenvalue weighted by Gasteiger charge is 2.28. The number of likely N-dealkylation sites (tertiary alicyclic amines) is 1. The number of ether oxygens (including phenoxy) is 1. The standard InChI is InChI=1S/C25H27N3O3S/c1-18-8-10-19(11-9-18)22-16-26-25(28(22)21-6-4-3-5-7-21)32-17-23(29)27-14-12-20(13-15-27)24(30)31-2/h3-11,16,20H,12-15,17H2,1-2H3. The van der Waals surface area contributed by atoms with Crippen molar-refractivity contribution in [2.45, 2.75) is 24.9 Å². The third-order valence-electron chi connectivity index (χ3n) is 5.80. The second-order valence-electron chi connectivity index (χ2n) is 7.93. The molecule has 32 heavy (non-hydrogen) atoms. The van der Waals surface area contributed by atoms with E-state index in [4.69, 9.17) is 4.74 Å². The smallest absolute Gasteiger partial charge is 0.308 e. The lowest BCUT2D eigenvalue weighted by Gasteiger charge is -2.30. The van der Waals surface area contributed by atoms with Crippen LogP contribution in [0.1, 0.15) is 18.4 Å². The summed E-state index contributed by atoms with van der Waals surface area (Å²) < 4.78 is 6.94. The minimum atomic E-state index is -0.181. The van der Waals surface area contributed by atoms with Crippen molar-refractivity contribution in [3.05, 3.63) is 66.4 Å². The van der Waals surface area contributed by atoms with Gasteiger partial charge in [-0.05, 0) is 31.9 Å². The Hall–Kier alpha value is -3.06. The van der Waals surface area contributed by atoms with Gasteiger partial charge in [0, 0.05) is 24.3 Å².